The van der Waals surface area contributed by atoms with Gasteiger partial charge in [-0.1, -0.05) is 0 Å². The smallest absolute Gasteiger partial charge is 0.370 e. The van der Waals surface area contributed by atoms with Crippen molar-refractivity contribution in [2.75, 3.05) is 46.6 Å². The number of hydrogen-bond acceptors (Lipinski definition) is 6. The highest BCUT2D eigenvalue weighted by atomic mass is 19.4. The number of carbonyl (C=O) groups is 2. The van der Waals surface area contributed by atoms with Crippen LogP contribution in [0.1, 0.15) is 70.4 Å². The fraction of sp³-hybridized carbons (Fsp3) is 0.333. The third-order valence-electron chi connectivity index (χ3n) is 8.39. The molecule has 4 heterocycles. The highest BCUT2D eigenvalue weighted by Gasteiger charge is 2.33. The quantitative estimate of drug-likeness (QED) is 0.196. The summed E-state index contributed by atoms with van der Waals surface area (Å²) < 4.78 is 78.4. The van der Waals surface area contributed by atoms with E-state index in [-0.39, 0.29) is 11.4 Å². The van der Waals surface area contributed by atoms with Crippen molar-refractivity contribution in [2.24, 2.45) is 0 Å². The van der Waals surface area contributed by atoms with Gasteiger partial charge in [-0.05, 0) is 99.2 Å². The van der Waals surface area contributed by atoms with Gasteiger partial charge in [-0.3, -0.25) is 19.6 Å². The van der Waals surface area contributed by atoms with Crippen molar-refractivity contribution in [1.82, 2.24) is 9.97 Å². The summed E-state index contributed by atoms with van der Waals surface area (Å²) in [6.07, 6.45) is 3.03. The number of anilines is 4. The highest BCUT2D eigenvalue weighted by Crippen LogP contribution is 2.38. The van der Waals surface area contributed by atoms with Crippen LogP contribution in [0.2, 0.25) is 0 Å². The summed E-state index contributed by atoms with van der Waals surface area (Å²) in [6.45, 7) is 3.06. The number of amides is 2. The van der Waals surface area contributed by atoms with E-state index in [0.29, 0.717) is 22.5 Å². The van der Waals surface area contributed by atoms with Crippen molar-refractivity contribution in [3.8, 4) is 0 Å². The molecule has 6 rings (SSSR count). The fourth-order valence-corrected chi connectivity index (χ4v) is 5.83. The number of halogens is 6. The van der Waals surface area contributed by atoms with Gasteiger partial charge in [0.25, 0.3) is 11.8 Å². The van der Waals surface area contributed by atoms with Crippen LogP contribution in [0, 0.1) is 0 Å². The molecule has 0 unspecified atom stereocenters. The van der Waals surface area contributed by atoms with Crippen LogP contribution in [0.3, 0.4) is 0 Å². The van der Waals surface area contributed by atoms with Gasteiger partial charge in [0.2, 0.25) is 0 Å². The van der Waals surface area contributed by atoms with Gasteiger partial charge in [0.15, 0.2) is 0 Å². The van der Waals surface area contributed by atoms with E-state index in [2.05, 4.69) is 20.6 Å². The monoisotopic (exact) mass is 698 g/mol. The zero-order valence-corrected chi connectivity index (χ0v) is 27.0. The Balaban J connectivity index is 0.000000194. The summed E-state index contributed by atoms with van der Waals surface area (Å²) in [5.41, 5.74) is 0.601. The van der Waals surface area contributed by atoms with E-state index in [1.54, 1.807) is 24.3 Å². The normalized spacial score (nSPS) is 15.1. The van der Waals surface area contributed by atoms with E-state index < -0.39 is 35.3 Å². The number of nitrogens with one attached hydrogen (secondary N) is 2. The first-order valence-electron chi connectivity index (χ1n) is 16.3. The molecule has 0 bridgehead atoms. The molecule has 2 fully saturated rings. The van der Waals surface area contributed by atoms with E-state index >= 15 is 0 Å². The van der Waals surface area contributed by atoms with Crippen molar-refractivity contribution < 1.29 is 35.9 Å². The predicted octanol–water partition coefficient (Wildman–Crippen LogP) is 8.69. The summed E-state index contributed by atoms with van der Waals surface area (Å²) in [5.74, 6) is -0.962. The Kier molecular flexibility index (Phi) is 11.6. The number of hydrogen-bond donors (Lipinski definition) is 2. The summed E-state index contributed by atoms with van der Waals surface area (Å²) in [4.78, 5) is 36.5. The molecule has 4 aromatic rings. The zero-order valence-electron chi connectivity index (χ0n) is 27.0. The minimum Gasteiger partial charge on any atom is -0.370 e. The van der Waals surface area contributed by atoms with Crippen LogP contribution >= 0.6 is 0 Å². The maximum Gasteiger partial charge on any atom is 0.416 e. The molecule has 0 atom stereocenters. The second-order valence-corrected chi connectivity index (χ2v) is 11.9. The number of piperidine rings is 2. The molecule has 2 aromatic heterocycles. The molecule has 50 heavy (non-hydrogen) atoms. The third kappa shape index (κ3) is 9.51. The lowest BCUT2D eigenvalue weighted by Gasteiger charge is -2.31. The van der Waals surface area contributed by atoms with Gasteiger partial charge < -0.3 is 20.4 Å². The van der Waals surface area contributed by atoms with Gasteiger partial charge in [0.1, 0.15) is 0 Å². The van der Waals surface area contributed by atoms with E-state index in [0.717, 1.165) is 89.0 Å². The molecule has 2 saturated heterocycles. The first kappa shape index (κ1) is 36.1. The van der Waals surface area contributed by atoms with Gasteiger partial charge in [-0.25, -0.2) is 0 Å². The molecule has 264 valence electrons. The van der Waals surface area contributed by atoms with Crippen LogP contribution in [0.25, 0.3) is 0 Å². The minimum atomic E-state index is -4.46. The standard InChI is InChI=1S/2C18H18F3N3O/c2*19-18(20,21)14-6-7-16(24-9-2-1-3-10-24)15(11-14)23-17(25)13-5-4-8-22-12-13/h2*4-8,11-12H,1-3,9-10H2,(H,23,25). The van der Waals surface area contributed by atoms with Crippen molar-refractivity contribution >= 4 is 34.6 Å². The maximum atomic E-state index is 13.1. The second-order valence-electron chi connectivity index (χ2n) is 11.9. The first-order valence-corrected chi connectivity index (χ1v) is 16.3. The van der Waals surface area contributed by atoms with Gasteiger partial charge in [0.05, 0.1) is 45.0 Å². The minimum absolute atomic E-state index is 0.172. The van der Waals surface area contributed by atoms with Crippen LogP contribution in [0.4, 0.5) is 49.1 Å². The Labute approximate surface area is 285 Å². The van der Waals surface area contributed by atoms with E-state index in [1.165, 1.54) is 36.9 Å². The number of benzene rings is 2. The molecule has 2 amide bonds. The Hall–Kier alpha value is -5.14. The first-order chi connectivity index (χ1) is 23.9. The Morgan fingerprint density at radius 3 is 1.26 bits per heavy atom. The van der Waals surface area contributed by atoms with E-state index in [9.17, 15) is 35.9 Å². The topological polar surface area (TPSA) is 90.5 Å². The van der Waals surface area contributed by atoms with Gasteiger partial charge in [-0.2, -0.15) is 26.3 Å². The van der Waals surface area contributed by atoms with Crippen LogP contribution in [0.5, 0.6) is 0 Å². The SMILES string of the molecule is O=C(Nc1cc(C(F)(F)F)ccc1N1CCCCC1)c1cccnc1.O=C(Nc1cc(C(F)(F)F)ccc1N1CCCCC1)c1cccnc1. The van der Waals surface area contributed by atoms with Crippen LogP contribution in [0.15, 0.2) is 85.5 Å². The second kappa shape index (κ2) is 16.0. The molecule has 2 aromatic carbocycles. The van der Waals surface area contributed by atoms with Crippen molar-refractivity contribution in [2.45, 2.75) is 50.9 Å². The lowest BCUT2D eigenvalue weighted by molar-refractivity contribution is -0.138. The molecular weight excluding hydrogens is 662 g/mol. The van der Waals surface area contributed by atoms with Crippen LogP contribution in [-0.4, -0.2) is 48.0 Å². The Bertz CT molecular complexity index is 1610. The van der Waals surface area contributed by atoms with Crippen molar-refractivity contribution in [3.05, 3.63) is 108 Å². The van der Waals surface area contributed by atoms with Crippen molar-refractivity contribution in [3.63, 3.8) is 0 Å². The van der Waals surface area contributed by atoms with Crippen LogP contribution in [-0.2, 0) is 12.4 Å². The third-order valence-corrected chi connectivity index (χ3v) is 8.39. The number of alkyl halides is 6. The number of carbonyl (C=O) groups excluding carboxylic acids is 2. The van der Waals surface area contributed by atoms with Crippen molar-refractivity contribution in [1.29, 1.82) is 0 Å². The molecule has 2 N–H and O–H groups in total. The number of aromatic nitrogens is 2. The van der Waals surface area contributed by atoms with Crippen LogP contribution < -0.4 is 20.4 Å². The summed E-state index contributed by atoms with van der Waals surface area (Å²) >= 11 is 0. The maximum absolute atomic E-state index is 13.1. The fourth-order valence-electron chi connectivity index (χ4n) is 5.83. The number of rotatable bonds is 6. The van der Waals surface area contributed by atoms with Gasteiger partial charge >= 0.3 is 12.4 Å². The Morgan fingerprint density at radius 1 is 0.560 bits per heavy atom. The molecule has 0 aliphatic carbocycles. The lowest BCUT2D eigenvalue weighted by atomic mass is 10.1. The van der Waals surface area contributed by atoms with Gasteiger partial charge in [0, 0.05) is 51.0 Å². The Morgan fingerprint density at radius 2 is 0.940 bits per heavy atom. The molecule has 2 aliphatic rings. The molecule has 0 radical (unpaired) electrons. The largest absolute Gasteiger partial charge is 0.416 e. The predicted molar refractivity (Wildman–Crippen MR) is 179 cm³/mol. The molecule has 8 nitrogen and oxygen atoms in total. The van der Waals surface area contributed by atoms with E-state index in [4.69, 9.17) is 0 Å². The lowest BCUT2D eigenvalue weighted by Crippen LogP contribution is -2.30. The average molecular weight is 699 g/mol. The molecule has 0 spiro atoms. The molecule has 14 heteroatoms. The molecule has 0 saturated carbocycles. The number of nitrogens with zero attached hydrogens (tertiary/aromatic N) is 4. The highest BCUT2D eigenvalue weighted by molar-refractivity contribution is 6.06. The summed E-state index contributed by atoms with van der Waals surface area (Å²) in [6, 6.07) is 13.3. The molecular formula is C36H36F6N6O2. The van der Waals surface area contributed by atoms with E-state index in [1.807, 2.05) is 9.80 Å². The number of pyridine rings is 2. The molecule has 2 aliphatic heterocycles. The average Bonchev–Trinajstić information content (AvgIpc) is 3.12. The van der Waals surface area contributed by atoms with Gasteiger partial charge in [-0.15, -0.1) is 0 Å². The summed E-state index contributed by atoms with van der Waals surface area (Å²) in [5, 5.41) is 5.23. The summed E-state index contributed by atoms with van der Waals surface area (Å²) in [7, 11) is 0. The zero-order chi connectivity index (χ0) is 35.7.